The predicted molar refractivity (Wildman–Crippen MR) is 76.9 cm³/mol. The molecule has 1 rings (SSSR count). The minimum atomic E-state index is -0.0450. The summed E-state index contributed by atoms with van der Waals surface area (Å²) in [4.78, 5) is 11.9. The van der Waals surface area contributed by atoms with Gasteiger partial charge in [-0.25, -0.2) is 0 Å². The van der Waals surface area contributed by atoms with Gasteiger partial charge >= 0.3 is 0 Å². The maximum Gasteiger partial charge on any atom is 0.238 e. The van der Waals surface area contributed by atoms with Crippen LogP contribution in [0.1, 0.15) is 38.8 Å². The second-order valence-electron chi connectivity index (χ2n) is 5.61. The van der Waals surface area contributed by atoms with Crippen LogP contribution in [0.2, 0.25) is 0 Å². The Balaban J connectivity index is 2.70. The number of aryl methyl sites for hydroxylation is 2. The quantitative estimate of drug-likeness (QED) is 0.860. The number of carbonyl (C=O) groups is 1. The zero-order chi connectivity index (χ0) is 13.8. The highest BCUT2D eigenvalue weighted by atomic mass is 16.1. The first-order valence-electron chi connectivity index (χ1n) is 6.47. The number of nitrogens with one attached hydrogen (secondary N) is 2. The van der Waals surface area contributed by atoms with Crippen LogP contribution in [-0.2, 0) is 11.2 Å². The van der Waals surface area contributed by atoms with E-state index in [1.165, 1.54) is 5.56 Å². The van der Waals surface area contributed by atoms with Gasteiger partial charge in [0.15, 0.2) is 0 Å². The van der Waals surface area contributed by atoms with Crippen LogP contribution in [0.25, 0.3) is 0 Å². The van der Waals surface area contributed by atoms with Gasteiger partial charge in [0.2, 0.25) is 5.91 Å². The van der Waals surface area contributed by atoms with Crippen LogP contribution in [0, 0.1) is 6.92 Å². The fraction of sp³-hybridized carbons (Fsp3) is 0.533. The molecule has 0 heterocycles. The Bertz CT molecular complexity index is 419. The molecule has 18 heavy (non-hydrogen) atoms. The van der Waals surface area contributed by atoms with Gasteiger partial charge in [-0.1, -0.05) is 25.1 Å². The van der Waals surface area contributed by atoms with E-state index in [4.69, 9.17) is 0 Å². The Morgan fingerprint density at radius 3 is 2.50 bits per heavy atom. The molecular weight excluding hydrogens is 224 g/mol. The maximum absolute atomic E-state index is 11.9. The Kier molecular flexibility index (Phi) is 4.91. The fourth-order valence-electron chi connectivity index (χ4n) is 1.73. The van der Waals surface area contributed by atoms with Crippen LogP contribution in [0.4, 0.5) is 5.69 Å². The molecule has 3 nitrogen and oxygen atoms in total. The van der Waals surface area contributed by atoms with Gasteiger partial charge in [-0.05, 0) is 45.2 Å². The lowest BCUT2D eigenvalue weighted by atomic mass is 10.1. The molecule has 1 aromatic carbocycles. The largest absolute Gasteiger partial charge is 0.324 e. The van der Waals surface area contributed by atoms with Crippen molar-refractivity contribution in [3.63, 3.8) is 0 Å². The van der Waals surface area contributed by atoms with Crippen molar-refractivity contribution in [3.8, 4) is 0 Å². The molecule has 0 aliphatic heterocycles. The van der Waals surface area contributed by atoms with Crippen molar-refractivity contribution in [2.45, 2.75) is 46.6 Å². The van der Waals surface area contributed by atoms with E-state index in [-0.39, 0.29) is 11.4 Å². The molecule has 1 aromatic rings. The first-order chi connectivity index (χ1) is 8.33. The topological polar surface area (TPSA) is 41.1 Å². The van der Waals surface area contributed by atoms with Crippen molar-refractivity contribution in [2.24, 2.45) is 0 Å². The van der Waals surface area contributed by atoms with Crippen LogP contribution in [-0.4, -0.2) is 18.0 Å². The Morgan fingerprint density at radius 2 is 1.94 bits per heavy atom. The molecule has 0 aromatic heterocycles. The summed E-state index contributed by atoms with van der Waals surface area (Å²) in [6.07, 6.45) is 0.921. The highest BCUT2D eigenvalue weighted by molar-refractivity contribution is 5.93. The number of hydrogen-bond donors (Lipinski definition) is 2. The Labute approximate surface area is 110 Å². The predicted octanol–water partition coefficient (Wildman–Crippen LogP) is 2.88. The summed E-state index contributed by atoms with van der Waals surface area (Å²) >= 11 is 0. The molecule has 1 amide bonds. The summed E-state index contributed by atoms with van der Waals surface area (Å²) in [5.74, 6) is 0.00826. The van der Waals surface area contributed by atoms with Crippen molar-refractivity contribution in [1.29, 1.82) is 0 Å². The molecule has 0 saturated carbocycles. The molecule has 0 bridgehead atoms. The van der Waals surface area contributed by atoms with Gasteiger partial charge in [0.25, 0.3) is 0 Å². The van der Waals surface area contributed by atoms with E-state index in [0.29, 0.717) is 6.54 Å². The van der Waals surface area contributed by atoms with Crippen LogP contribution in [0.3, 0.4) is 0 Å². The van der Waals surface area contributed by atoms with Crippen LogP contribution >= 0.6 is 0 Å². The molecular formula is C15H24N2O. The van der Waals surface area contributed by atoms with Crippen LogP contribution in [0.15, 0.2) is 18.2 Å². The summed E-state index contributed by atoms with van der Waals surface area (Å²) in [6, 6.07) is 6.10. The number of anilines is 1. The molecule has 0 unspecified atom stereocenters. The average Bonchev–Trinajstić information content (AvgIpc) is 2.28. The molecule has 2 N–H and O–H groups in total. The fourth-order valence-corrected chi connectivity index (χ4v) is 1.73. The molecule has 0 aliphatic rings. The van der Waals surface area contributed by atoms with Crippen LogP contribution < -0.4 is 10.6 Å². The average molecular weight is 248 g/mol. The van der Waals surface area contributed by atoms with Crippen molar-refractivity contribution < 1.29 is 4.79 Å². The lowest BCUT2D eigenvalue weighted by Gasteiger charge is -2.20. The van der Waals surface area contributed by atoms with E-state index < -0.39 is 0 Å². The standard InChI is InChI=1S/C15H24N2O/c1-6-12-9-7-8-11(2)14(12)17-13(18)10-16-15(3,4)5/h7-9,16H,6,10H2,1-5H3,(H,17,18). The Hall–Kier alpha value is -1.35. The summed E-state index contributed by atoms with van der Waals surface area (Å²) in [6.45, 7) is 10.6. The summed E-state index contributed by atoms with van der Waals surface area (Å²) < 4.78 is 0. The van der Waals surface area contributed by atoms with Crippen molar-refractivity contribution in [3.05, 3.63) is 29.3 Å². The normalized spacial score (nSPS) is 11.4. The highest BCUT2D eigenvalue weighted by Gasteiger charge is 2.13. The van der Waals surface area contributed by atoms with E-state index in [9.17, 15) is 4.79 Å². The summed E-state index contributed by atoms with van der Waals surface area (Å²) in [5, 5.41) is 6.19. The summed E-state index contributed by atoms with van der Waals surface area (Å²) in [7, 11) is 0. The van der Waals surface area contributed by atoms with E-state index in [0.717, 1.165) is 17.7 Å². The van der Waals surface area contributed by atoms with E-state index in [1.807, 2.05) is 39.8 Å². The monoisotopic (exact) mass is 248 g/mol. The number of amides is 1. The lowest BCUT2D eigenvalue weighted by Crippen LogP contribution is -2.41. The second kappa shape index (κ2) is 6.01. The first kappa shape index (κ1) is 14.7. The molecule has 0 aliphatic carbocycles. The zero-order valence-corrected chi connectivity index (χ0v) is 12.1. The van der Waals surface area contributed by atoms with E-state index in [1.54, 1.807) is 0 Å². The molecule has 0 radical (unpaired) electrons. The van der Waals surface area contributed by atoms with Crippen molar-refractivity contribution in [1.82, 2.24) is 5.32 Å². The number of carbonyl (C=O) groups excluding carboxylic acids is 1. The number of rotatable bonds is 4. The Morgan fingerprint density at radius 1 is 1.28 bits per heavy atom. The third kappa shape index (κ3) is 4.49. The van der Waals surface area contributed by atoms with Crippen molar-refractivity contribution in [2.75, 3.05) is 11.9 Å². The minimum Gasteiger partial charge on any atom is -0.324 e. The van der Waals surface area contributed by atoms with Crippen LogP contribution in [0.5, 0.6) is 0 Å². The van der Waals surface area contributed by atoms with Gasteiger partial charge in [-0.2, -0.15) is 0 Å². The maximum atomic E-state index is 11.9. The van der Waals surface area contributed by atoms with Gasteiger partial charge in [0.1, 0.15) is 0 Å². The molecule has 100 valence electrons. The molecule has 3 heteroatoms. The van der Waals surface area contributed by atoms with Gasteiger partial charge < -0.3 is 10.6 Å². The number of para-hydroxylation sites is 1. The van der Waals surface area contributed by atoms with Gasteiger partial charge in [0.05, 0.1) is 6.54 Å². The van der Waals surface area contributed by atoms with E-state index in [2.05, 4.69) is 23.6 Å². The summed E-state index contributed by atoms with van der Waals surface area (Å²) in [5.41, 5.74) is 3.20. The SMILES string of the molecule is CCc1cccc(C)c1NC(=O)CNC(C)(C)C. The number of hydrogen-bond acceptors (Lipinski definition) is 2. The van der Waals surface area contributed by atoms with Crippen molar-refractivity contribution >= 4 is 11.6 Å². The van der Waals surface area contributed by atoms with Gasteiger partial charge in [-0.3, -0.25) is 4.79 Å². The first-order valence-corrected chi connectivity index (χ1v) is 6.47. The third-order valence-electron chi connectivity index (χ3n) is 2.78. The molecule has 0 saturated heterocycles. The molecule has 0 fully saturated rings. The molecule has 0 atom stereocenters. The zero-order valence-electron chi connectivity index (χ0n) is 12.1. The number of benzene rings is 1. The lowest BCUT2D eigenvalue weighted by molar-refractivity contribution is -0.115. The minimum absolute atomic E-state index is 0.00826. The smallest absolute Gasteiger partial charge is 0.238 e. The second-order valence-corrected chi connectivity index (χ2v) is 5.61. The third-order valence-corrected chi connectivity index (χ3v) is 2.78. The highest BCUT2D eigenvalue weighted by Crippen LogP contribution is 2.20. The van der Waals surface area contributed by atoms with E-state index >= 15 is 0 Å². The van der Waals surface area contributed by atoms with Gasteiger partial charge in [-0.15, -0.1) is 0 Å². The van der Waals surface area contributed by atoms with Gasteiger partial charge in [0, 0.05) is 11.2 Å². The molecule has 0 spiro atoms.